The molecule has 1 aliphatic heterocycles. The molecular weight excluding hydrogens is 354 g/mol. The lowest BCUT2D eigenvalue weighted by molar-refractivity contribution is 0.123. The second-order valence-electron chi connectivity index (χ2n) is 6.38. The Morgan fingerprint density at radius 3 is 2.61 bits per heavy atom. The van der Waals surface area contributed by atoms with E-state index in [4.69, 9.17) is 14.5 Å². The number of imidazole rings is 1. The van der Waals surface area contributed by atoms with Gasteiger partial charge in [0.15, 0.2) is 5.65 Å². The number of nitrogens with zero attached hydrogens (tertiary/aromatic N) is 5. The molecule has 0 N–H and O–H groups in total. The fourth-order valence-electron chi connectivity index (χ4n) is 3.34. The summed E-state index contributed by atoms with van der Waals surface area (Å²) in [7, 11) is 1.70. The van der Waals surface area contributed by atoms with Crippen LogP contribution in [0.3, 0.4) is 0 Å². The predicted octanol–water partition coefficient (Wildman–Crippen LogP) is 3.15. The number of aryl methyl sites for hydroxylation is 1. The molecule has 4 heterocycles. The molecule has 0 aliphatic carbocycles. The molecule has 3 aromatic heterocycles. The molecule has 1 aliphatic rings. The van der Waals surface area contributed by atoms with Crippen LogP contribution in [0.4, 0.5) is 5.69 Å². The van der Waals surface area contributed by atoms with Crippen molar-refractivity contribution in [2.75, 3.05) is 44.9 Å². The van der Waals surface area contributed by atoms with E-state index in [0.717, 1.165) is 66.7 Å². The summed E-state index contributed by atoms with van der Waals surface area (Å²) in [6, 6.07) is 6.15. The number of rotatable bonds is 5. The lowest BCUT2D eigenvalue weighted by atomic mass is 10.1. The van der Waals surface area contributed by atoms with Crippen molar-refractivity contribution in [3.63, 3.8) is 0 Å². The van der Waals surface area contributed by atoms with Crippen LogP contribution in [0.15, 0.2) is 30.6 Å². The molecule has 0 saturated carbocycles. The summed E-state index contributed by atoms with van der Waals surface area (Å²) in [5.41, 5.74) is 5.95. The van der Waals surface area contributed by atoms with E-state index in [2.05, 4.69) is 21.0 Å². The number of anilines is 1. The topological polar surface area (TPSA) is 64.8 Å². The van der Waals surface area contributed by atoms with Crippen molar-refractivity contribution in [3.8, 4) is 11.3 Å². The quantitative estimate of drug-likeness (QED) is 0.674. The molecule has 0 spiro atoms. The van der Waals surface area contributed by atoms with Crippen LogP contribution in [0.25, 0.3) is 16.9 Å². The molecule has 7 heteroatoms. The van der Waals surface area contributed by atoms with Gasteiger partial charge in [0.1, 0.15) is 0 Å². The average molecular weight is 383 g/mol. The molecule has 0 aromatic carbocycles. The molecule has 0 radical (unpaired) electrons. The second kappa shape index (κ2) is 9.61. The van der Waals surface area contributed by atoms with Crippen molar-refractivity contribution < 1.29 is 9.47 Å². The Bertz CT molecular complexity index is 886. The number of hydrogen-bond donors (Lipinski definition) is 0. The van der Waals surface area contributed by atoms with Crippen LogP contribution >= 0.6 is 0 Å². The normalized spacial score (nSPS) is 14.1. The molecule has 0 amide bonds. The molecule has 0 atom stereocenters. The van der Waals surface area contributed by atoms with E-state index in [1.54, 1.807) is 7.11 Å². The number of aromatic nitrogens is 4. The first-order chi connectivity index (χ1) is 13.8. The van der Waals surface area contributed by atoms with E-state index in [-0.39, 0.29) is 0 Å². The van der Waals surface area contributed by atoms with E-state index in [1.165, 1.54) is 0 Å². The molecule has 1 saturated heterocycles. The number of ether oxygens (including phenoxy) is 2. The first-order valence-corrected chi connectivity index (χ1v) is 9.89. The zero-order chi connectivity index (χ0) is 19.9. The van der Waals surface area contributed by atoms with Gasteiger partial charge in [0.2, 0.25) is 0 Å². The van der Waals surface area contributed by atoms with Gasteiger partial charge in [0.05, 0.1) is 43.1 Å². The molecule has 150 valence electrons. The van der Waals surface area contributed by atoms with Gasteiger partial charge in [-0.2, -0.15) is 5.10 Å². The molecule has 0 unspecified atom stereocenters. The zero-order valence-electron chi connectivity index (χ0n) is 17.2. The summed E-state index contributed by atoms with van der Waals surface area (Å²) >= 11 is 0. The van der Waals surface area contributed by atoms with E-state index in [9.17, 15) is 0 Å². The summed E-state index contributed by atoms with van der Waals surface area (Å²) < 4.78 is 12.5. The van der Waals surface area contributed by atoms with E-state index in [1.807, 2.05) is 49.8 Å². The van der Waals surface area contributed by atoms with Gasteiger partial charge in [-0.1, -0.05) is 13.8 Å². The Morgan fingerprint density at radius 2 is 1.93 bits per heavy atom. The number of hydrogen-bond acceptors (Lipinski definition) is 6. The average Bonchev–Trinajstić information content (AvgIpc) is 3.10. The third-order valence-corrected chi connectivity index (χ3v) is 4.68. The minimum absolute atomic E-state index is 0.672. The summed E-state index contributed by atoms with van der Waals surface area (Å²) in [6.45, 7) is 9.92. The van der Waals surface area contributed by atoms with Gasteiger partial charge in [-0.25, -0.2) is 9.50 Å². The highest BCUT2D eigenvalue weighted by Gasteiger charge is 2.19. The Kier molecular flexibility index (Phi) is 6.95. The van der Waals surface area contributed by atoms with Crippen molar-refractivity contribution >= 4 is 11.3 Å². The Morgan fingerprint density at radius 1 is 1.14 bits per heavy atom. The summed E-state index contributed by atoms with van der Waals surface area (Å²) in [5.74, 6) is 0. The van der Waals surface area contributed by atoms with Crippen molar-refractivity contribution in [1.82, 2.24) is 19.6 Å². The fourth-order valence-corrected chi connectivity index (χ4v) is 3.34. The highest BCUT2D eigenvalue weighted by Crippen LogP contribution is 2.28. The lowest BCUT2D eigenvalue weighted by Gasteiger charge is -2.28. The van der Waals surface area contributed by atoms with Crippen molar-refractivity contribution in [2.24, 2.45) is 0 Å². The monoisotopic (exact) mass is 383 g/mol. The maximum atomic E-state index is 5.47. The third-order valence-electron chi connectivity index (χ3n) is 4.68. The highest BCUT2D eigenvalue weighted by molar-refractivity contribution is 5.75. The molecular formula is C21H29N5O2. The smallest absolute Gasteiger partial charge is 0.178 e. The maximum Gasteiger partial charge on any atom is 0.178 e. The van der Waals surface area contributed by atoms with Crippen molar-refractivity contribution in [2.45, 2.75) is 27.2 Å². The predicted molar refractivity (Wildman–Crippen MR) is 111 cm³/mol. The molecule has 7 nitrogen and oxygen atoms in total. The Labute approximate surface area is 166 Å². The van der Waals surface area contributed by atoms with E-state index < -0.39 is 0 Å². The van der Waals surface area contributed by atoms with Crippen LogP contribution in [0, 0.1) is 6.92 Å². The Balaban J connectivity index is 0.00000109. The zero-order valence-corrected chi connectivity index (χ0v) is 17.2. The first-order valence-electron chi connectivity index (χ1n) is 9.89. The Hall–Kier alpha value is -2.51. The minimum Gasteiger partial charge on any atom is -0.384 e. The standard InChI is InChI=1S/C19H23N5O2.C2H6/c1-14-18(15-3-4-16(20-13-15)6-10-25-2)24-19(22-14)17(5-7-21-24)23-8-11-26-12-9-23;1-2/h3-5,7,13H,6,8-12H2,1-2H3;1-2H3. The van der Waals surface area contributed by atoms with Crippen molar-refractivity contribution in [1.29, 1.82) is 0 Å². The van der Waals surface area contributed by atoms with Gasteiger partial charge in [0.25, 0.3) is 0 Å². The third kappa shape index (κ3) is 4.15. The number of pyridine rings is 1. The molecule has 1 fully saturated rings. The highest BCUT2D eigenvalue weighted by atomic mass is 16.5. The summed E-state index contributed by atoms with van der Waals surface area (Å²) in [4.78, 5) is 11.7. The van der Waals surface area contributed by atoms with Crippen molar-refractivity contribution in [3.05, 3.63) is 42.0 Å². The van der Waals surface area contributed by atoms with Gasteiger partial charge < -0.3 is 14.4 Å². The van der Waals surface area contributed by atoms with Gasteiger partial charge in [-0.3, -0.25) is 4.98 Å². The summed E-state index contributed by atoms with van der Waals surface area (Å²) in [6.07, 6.45) is 4.54. The fraction of sp³-hybridized carbons (Fsp3) is 0.476. The SMILES string of the molecule is CC.COCCc1ccc(-c2c(C)nc3c(N4CCOCC4)ccnn23)cn1. The largest absolute Gasteiger partial charge is 0.384 e. The van der Waals surface area contributed by atoms with Gasteiger partial charge in [-0.15, -0.1) is 0 Å². The minimum atomic E-state index is 0.672. The van der Waals surface area contributed by atoms with Gasteiger partial charge >= 0.3 is 0 Å². The van der Waals surface area contributed by atoms with Crippen LogP contribution in [-0.2, 0) is 15.9 Å². The number of fused-ring (bicyclic) bond motifs is 1. The number of methoxy groups -OCH3 is 1. The lowest BCUT2D eigenvalue weighted by Crippen LogP contribution is -2.36. The molecule has 4 rings (SSSR count). The van der Waals surface area contributed by atoms with Crippen LogP contribution in [0.2, 0.25) is 0 Å². The first kappa shape index (κ1) is 20.2. The van der Waals surface area contributed by atoms with Gasteiger partial charge in [0, 0.05) is 44.1 Å². The van der Waals surface area contributed by atoms with E-state index in [0.29, 0.717) is 6.61 Å². The molecule has 0 bridgehead atoms. The van der Waals surface area contributed by atoms with Gasteiger partial charge in [-0.05, 0) is 25.1 Å². The maximum absolute atomic E-state index is 5.47. The van der Waals surface area contributed by atoms with Crippen LogP contribution in [0.5, 0.6) is 0 Å². The van der Waals surface area contributed by atoms with Crippen LogP contribution in [0.1, 0.15) is 25.2 Å². The van der Waals surface area contributed by atoms with E-state index >= 15 is 0 Å². The van der Waals surface area contributed by atoms with Crippen LogP contribution < -0.4 is 4.90 Å². The van der Waals surface area contributed by atoms with Crippen LogP contribution in [-0.4, -0.2) is 59.6 Å². The summed E-state index contributed by atoms with van der Waals surface area (Å²) in [5, 5.41) is 4.55. The second-order valence-corrected chi connectivity index (χ2v) is 6.38. The molecule has 28 heavy (non-hydrogen) atoms. The molecule has 3 aromatic rings. The number of morpholine rings is 1.